The zero-order chi connectivity index (χ0) is 15.6. The summed E-state index contributed by atoms with van der Waals surface area (Å²) in [5, 5.41) is 0. The van der Waals surface area contributed by atoms with Crippen molar-refractivity contribution in [3.8, 4) is 11.1 Å². The Hall–Kier alpha value is -2.22. The summed E-state index contributed by atoms with van der Waals surface area (Å²) >= 11 is 0. The van der Waals surface area contributed by atoms with Crippen LogP contribution in [0.4, 0.5) is 5.69 Å². The third kappa shape index (κ3) is 3.27. The third-order valence-electron chi connectivity index (χ3n) is 3.67. The first kappa shape index (κ1) is 15.2. The van der Waals surface area contributed by atoms with Crippen molar-refractivity contribution in [3.05, 3.63) is 53.1 Å². The van der Waals surface area contributed by atoms with Crippen molar-refractivity contribution >= 4 is 17.2 Å². The normalized spacial score (nSPS) is 11.6. The summed E-state index contributed by atoms with van der Waals surface area (Å²) in [6, 6.07) is 12.5. The van der Waals surface area contributed by atoms with E-state index in [1.54, 1.807) is 13.8 Å². The number of aliphatic imine (C=N–C) groups is 1. The zero-order valence-electron chi connectivity index (χ0n) is 13.3. The van der Waals surface area contributed by atoms with Crippen LogP contribution in [0.25, 0.3) is 11.1 Å². The molecular formula is C19H21NO. The average molecular weight is 279 g/mol. The first-order valence-electron chi connectivity index (χ1n) is 7.13. The van der Waals surface area contributed by atoms with E-state index in [1.807, 2.05) is 19.1 Å². The molecule has 108 valence electrons. The number of carbonyl (C=O) groups is 1. The minimum absolute atomic E-state index is 0.00529. The number of ketones is 1. The van der Waals surface area contributed by atoms with E-state index in [-0.39, 0.29) is 5.78 Å². The smallest absolute Gasteiger partial charge is 0.173 e. The molecule has 0 fully saturated rings. The van der Waals surface area contributed by atoms with Crippen molar-refractivity contribution < 1.29 is 4.79 Å². The van der Waals surface area contributed by atoms with Gasteiger partial charge in [-0.1, -0.05) is 35.9 Å². The molecule has 2 nitrogen and oxygen atoms in total. The van der Waals surface area contributed by atoms with E-state index in [2.05, 4.69) is 43.1 Å². The van der Waals surface area contributed by atoms with Gasteiger partial charge >= 0.3 is 0 Å². The van der Waals surface area contributed by atoms with Gasteiger partial charge in [0.15, 0.2) is 5.78 Å². The molecule has 0 atom stereocenters. The van der Waals surface area contributed by atoms with Crippen LogP contribution in [0.3, 0.4) is 0 Å². The van der Waals surface area contributed by atoms with E-state index in [0.717, 1.165) is 16.8 Å². The number of nitrogens with zero attached hydrogens (tertiary/aromatic N) is 1. The molecule has 2 aromatic rings. The molecule has 0 aliphatic heterocycles. The highest BCUT2D eigenvalue weighted by Crippen LogP contribution is 2.36. The van der Waals surface area contributed by atoms with Crippen molar-refractivity contribution in [1.29, 1.82) is 0 Å². The van der Waals surface area contributed by atoms with Crippen LogP contribution in [0, 0.1) is 20.8 Å². The maximum Gasteiger partial charge on any atom is 0.173 e. The monoisotopic (exact) mass is 279 g/mol. The van der Waals surface area contributed by atoms with Gasteiger partial charge in [-0.3, -0.25) is 4.79 Å². The van der Waals surface area contributed by atoms with Crippen LogP contribution in [-0.4, -0.2) is 11.5 Å². The molecule has 0 aliphatic rings. The molecule has 0 saturated heterocycles. The molecule has 0 heterocycles. The standard InChI is InChI=1S/C19H21NO/c1-12-10-14(3)19(20-15(4)16(5)21)18(11-12)17-9-7-6-8-13(17)2/h6-11H,1-5H3. The molecule has 21 heavy (non-hydrogen) atoms. The molecule has 0 unspecified atom stereocenters. The second-order valence-corrected chi connectivity index (χ2v) is 5.55. The Morgan fingerprint density at radius 1 is 0.905 bits per heavy atom. The molecule has 0 bridgehead atoms. The van der Waals surface area contributed by atoms with Crippen molar-refractivity contribution in [2.75, 3.05) is 0 Å². The molecule has 0 aliphatic carbocycles. The highest BCUT2D eigenvalue weighted by molar-refractivity contribution is 6.38. The maximum absolute atomic E-state index is 11.5. The number of benzene rings is 2. The van der Waals surface area contributed by atoms with Gasteiger partial charge < -0.3 is 0 Å². The molecule has 0 radical (unpaired) electrons. The number of rotatable bonds is 3. The van der Waals surface area contributed by atoms with Crippen LogP contribution in [0.1, 0.15) is 30.5 Å². The molecule has 0 N–H and O–H groups in total. The summed E-state index contributed by atoms with van der Waals surface area (Å²) in [4.78, 5) is 16.1. The summed E-state index contributed by atoms with van der Waals surface area (Å²) < 4.78 is 0. The van der Waals surface area contributed by atoms with Crippen LogP contribution in [-0.2, 0) is 4.79 Å². The van der Waals surface area contributed by atoms with E-state index < -0.39 is 0 Å². The van der Waals surface area contributed by atoms with Crippen molar-refractivity contribution in [2.45, 2.75) is 34.6 Å². The fraction of sp³-hybridized carbons (Fsp3) is 0.263. The van der Waals surface area contributed by atoms with Crippen LogP contribution in [0.5, 0.6) is 0 Å². The van der Waals surface area contributed by atoms with Gasteiger partial charge in [0.25, 0.3) is 0 Å². The number of hydrogen-bond acceptors (Lipinski definition) is 2. The van der Waals surface area contributed by atoms with Crippen LogP contribution >= 0.6 is 0 Å². The Bertz CT molecular complexity index is 726. The van der Waals surface area contributed by atoms with Crippen molar-refractivity contribution in [1.82, 2.24) is 0 Å². The predicted molar refractivity (Wildman–Crippen MR) is 89.5 cm³/mol. The second kappa shape index (κ2) is 6.04. The van der Waals surface area contributed by atoms with Gasteiger partial charge in [-0.15, -0.1) is 0 Å². The van der Waals surface area contributed by atoms with Gasteiger partial charge in [0, 0.05) is 12.5 Å². The predicted octanol–water partition coefficient (Wildman–Crippen LogP) is 4.96. The van der Waals surface area contributed by atoms with Gasteiger partial charge in [-0.05, 0) is 50.5 Å². The van der Waals surface area contributed by atoms with Gasteiger partial charge in [-0.25, -0.2) is 4.99 Å². The minimum Gasteiger partial charge on any atom is -0.293 e. The van der Waals surface area contributed by atoms with Crippen LogP contribution < -0.4 is 0 Å². The quantitative estimate of drug-likeness (QED) is 0.730. The Balaban J connectivity index is 2.74. The number of aryl methyl sites for hydroxylation is 3. The van der Waals surface area contributed by atoms with E-state index in [0.29, 0.717) is 5.71 Å². The van der Waals surface area contributed by atoms with Gasteiger partial charge in [0.2, 0.25) is 0 Å². The highest BCUT2D eigenvalue weighted by atomic mass is 16.1. The van der Waals surface area contributed by atoms with Crippen molar-refractivity contribution in [3.63, 3.8) is 0 Å². The average Bonchev–Trinajstić information content (AvgIpc) is 2.41. The molecular weight excluding hydrogens is 258 g/mol. The lowest BCUT2D eigenvalue weighted by atomic mass is 9.95. The van der Waals surface area contributed by atoms with E-state index in [4.69, 9.17) is 0 Å². The summed E-state index contributed by atoms with van der Waals surface area (Å²) in [5.74, 6) is 0.00529. The topological polar surface area (TPSA) is 29.4 Å². The SMILES string of the molecule is CC(=O)C(C)=Nc1c(C)cc(C)cc1-c1ccccc1C. The molecule has 2 aromatic carbocycles. The summed E-state index contributed by atoms with van der Waals surface area (Å²) in [7, 11) is 0. The lowest BCUT2D eigenvalue weighted by Crippen LogP contribution is -2.04. The fourth-order valence-electron chi connectivity index (χ4n) is 2.44. The Kier molecular flexibility index (Phi) is 4.37. The van der Waals surface area contributed by atoms with E-state index >= 15 is 0 Å². The Labute approximate surface area is 126 Å². The first-order chi connectivity index (χ1) is 9.90. The molecule has 0 saturated carbocycles. The van der Waals surface area contributed by atoms with Gasteiger partial charge in [0.1, 0.15) is 0 Å². The van der Waals surface area contributed by atoms with E-state index in [1.165, 1.54) is 16.7 Å². The number of carbonyl (C=O) groups excluding carboxylic acids is 1. The lowest BCUT2D eigenvalue weighted by Gasteiger charge is -2.13. The second-order valence-electron chi connectivity index (χ2n) is 5.55. The number of Topliss-reactive ketones (excluding diaryl/α,β-unsaturated/α-hetero) is 1. The summed E-state index contributed by atoms with van der Waals surface area (Å²) in [6.07, 6.45) is 0. The zero-order valence-corrected chi connectivity index (χ0v) is 13.3. The van der Waals surface area contributed by atoms with Gasteiger partial charge in [0.05, 0.1) is 11.4 Å². The third-order valence-corrected chi connectivity index (χ3v) is 3.67. The molecule has 2 heteroatoms. The van der Waals surface area contributed by atoms with Crippen LogP contribution in [0.2, 0.25) is 0 Å². The number of hydrogen-bond donors (Lipinski definition) is 0. The van der Waals surface area contributed by atoms with E-state index in [9.17, 15) is 4.79 Å². The minimum atomic E-state index is 0.00529. The van der Waals surface area contributed by atoms with Crippen LogP contribution in [0.15, 0.2) is 41.4 Å². The molecule has 0 aromatic heterocycles. The summed E-state index contributed by atoms with van der Waals surface area (Å²) in [5.41, 5.74) is 7.18. The summed E-state index contributed by atoms with van der Waals surface area (Å²) in [6.45, 7) is 9.54. The van der Waals surface area contributed by atoms with Gasteiger partial charge in [-0.2, -0.15) is 0 Å². The maximum atomic E-state index is 11.5. The molecule has 0 amide bonds. The highest BCUT2D eigenvalue weighted by Gasteiger charge is 2.11. The first-order valence-corrected chi connectivity index (χ1v) is 7.13. The molecule has 2 rings (SSSR count). The Morgan fingerprint density at radius 2 is 1.57 bits per heavy atom. The fourth-order valence-corrected chi connectivity index (χ4v) is 2.44. The largest absolute Gasteiger partial charge is 0.293 e. The lowest BCUT2D eigenvalue weighted by molar-refractivity contribution is -0.111. The Morgan fingerprint density at radius 3 is 2.19 bits per heavy atom. The molecule has 0 spiro atoms. The van der Waals surface area contributed by atoms with Crippen molar-refractivity contribution in [2.24, 2.45) is 4.99 Å².